The molecule has 0 aliphatic carbocycles. The van der Waals surface area contributed by atoms with Crippen molar-refractivity contribution in [2.24, 2.45) is 0 Å². The quantitative estimate of drug-likeness (QED) is 0.476. The molecule has 0 aromatic carbocycles. The first-order chi connectivity index (χ1) is 3.94. The Morgan fingerprint density at radius 2 is 1.22 bits per heavy atom. The van der Waals surface area contributed by atoms with Crippen LogP contribution in [0.15, 0.2) is 0 Å². The van der Waals surface area contributed by atoms with E-state index in [1.807, 2.05) is 0 Å². The first-order valence-corrected chi connectivity index (χ1v) is 3.48. The normalized spacial score (nSPS) is 10.7. The van der Waals surface area contributed by atoms with Gasteiger partial charge in [0.2, 0.25) is 0 Å². The van der Waals surface area contributed by atoms with Crippen molar-refractivity contribution in [1.29, 1.82) is 0 Å². The van der Waals surface area contributed by atoms with Gasteiger partial charge in [0.15, 0.2) is 0 Å². The third-order valence-corrected chi connectivity index (χ3v) is 0.247. The van der Waals surface area contributed by atoms with E-state index >= 15 is 0 Å². The molecule has 0 saturated carbocycles. The molecule has 0 rings (SSSR count). The van der Waals surface area contributed by atoms with Gasteiger partial charge in [0.05, 0.1) is 0 Å². The van der Waals surface area contributed by atoms with Crippen molar-refractivity contribution in [2.45, 2.75) is 12.6 Å². The number of alkyl halides is 5. The third-order valence-electron chi connectivity index (χ3n) is 0.247. The molecule has 0 unspecified atom stereocenters. The Balaban J connectivity index is 0. The van der Waals surface area contributed by atoms with Crippen LogP contribution in [0.5, 0.6) is 0 Å². The van der Waals surface area contributed by atoms with Crippen molar-refractivity contribution >= 4 is 9.58 Å². The fraction of sp³-hybridized carbons (Fsp3) is 1.00. The van der Waals surface area contributed by atoms with Gasteiger partial charge in [-0.3, -0.25) is 0 Å². The van der Waals surface area contributed by atoms with Crippen LogP contribution in [0.1, 0.15) is 0 Å². The molecular weight excluding hydrogens is 259 g/mol. The molecule has 9 heavy (non-hydrogen) atoms. The SMILES string of the molecule is FC(F)C(F)(F)F.[S]=[Ag]. The molecule has 0 amide bonds. The molecule has 0 bridgehead atoms. The molecule has 7 heteroatoms. The van der Waals surface area contributed by atoms with E-state index in [1.54, 1.807) is 0 Å². The van der Waals surface area contributed by atoms with E-state index in [0.717, 1.165) is 0 Å². The Labute approximate surface area is 63.6 Å². The number of halogens is 5. The second kappa shape index (κ2) is 5.40. The zero-order valence-corrected chi connectivity index (χ0v) is 5.98. The maximum atomic E-state index is 10.4. The van der Waals surface area contributed by atoms with Crippen LogP contribution in [0.4, 0.5) is 22.0 Å². The van der Waals surface area contributed by atoms with E-state index in [0.29, 0.717) is 0 Å². The van der Waals surface area contributed by atoms with Crippen molar-refractivity contribution in [3.63, 3.8) is 0 Å². The number of rotatable bonds is 0. The first-order valence-electron chi connectivity index (χ1n) is 1.42. The Kier molecular flexibility index (Phi) is 7.38. The molecule has 0 radical (unpaired) electrons. The molecular formula is C2HAgF5S. The van der Waals surface area contributed by atoms with Crippen LogP contribution in [0.2, 0.25) is 0 Å². The minimum atomic E-state index is -5.33. The van der Waals surface area contributed by atoms with Crippen LogP contribution in [0.3, 0.4) is 0 Å². The molecule has 0 aliphatic heterocycles. The van der Waals surface area contributed by atoms with Crippen molar-refractivity contribution < 1.29 is 41.1 Å². The summed E-state index contributed by atoms with van der Waals surface area (Å²) < 4.78 is 52.1. The zero-order valence-electron chi connectivity index (χ0n) is 3.68. The second-order valence-electron chi connectivity index (χ2n) is 0.842. The second-order valence-corrected chi connectivity index (χ2v) is 0.842. The van der Waals surface area contributed by atoms with Gasteiger partial charge >= 0.3 is 41.4 Å². The summed E-state index contributed by atoms with van der Waals surface area (Å²) in [6.45, 7) is 0. The Bertz CT molecular complexity index is 69.8. The van der Waals surface area contributed by atoms with E-state index in [4.69, 9.17) is 0 Å². The van der Waals surface area contributed by atoms with E-state index in [2.05, 4.69) is 28.8 Å². The first kappa shape index (κ1) is 12.3. The monoisotopic (exact) mass is 259 g/mol. The molecule has 0 aromatic rings. The van der Waals surface area contributed by atoms with Crippen LogP contribution >= 0.6 is 9.58 Å². The zero-order chi connectivity index (χ0) is 8.08. The molecule has 0 saturated heterocycles. The van der Waals surface area contributed by atoms with Crippen molar-refractivity contribution in [2.75, 3.05) is 0 Å². The molecule has 0 aromatic heterocycles. The predicted octanol–water partition coefficient (Wildman–Crippen LogP) is 2.46. The number of hydrogen-bond acceptors (Lipinski definition) is 1. The molecule has 61 valence electrons. The fourth-order valence-corrected chi connectivity index (χ4v) is 0. The topological polar surface area (TPSA) is 0 Å². The average Bonchev–Trinajstić information content (AvgIpc) is 1.69. The molecule has 0 heterocycles. The van der Waals surface area contributed by atoms with Crippen molar-refractivity contribution in [3.8, 4) is 0 Å². The van der Waals surface area contributed by atoms with Crippen LogP contribution in [0.25, 0.3) is 0 Å². The standard InChI is InChI=1S/C2HF5.Ag.S/c3-1(4)2(5,6)7;;/h1H;;. The van der Waals surface area contributed by atoms with E-state index in [9.17, 15) is 22.0 Å². The van der Waals surface area contributed by atoms with Crippen LogP contribution in [0, 0.1) is 0 Å². The van der Waals surface area contributed by atoms with Gasteiger partial charge < -0.3 is 0 Å². The van der Waals surface area contributed by atoms with Gasteiger partial charge in [0.1, 0.15) is 0 Å². The fourth-order valence-electron chi connectivity index (χ4n) is 0. The summed E-state index contributed by atoms with van der Waals surface area (Å²) in [5, 5.41) is 0. The van der Waals surface area contributed by atoms with Gasteiger partial charge in [-0.15, -0.1) is 0 Å². The van der Waals surface area contributed by atoms with Crippen LogP contribution in [-0.2, 0) is 19.2 Å². The van der Waals surface area contributed by atoms with Crippen molar-refractivity contribution in [1.82, 2.24) is 0 Å². The Hall–Kier alpha value is 0.610. The molecule has 0 aliphatic rings. The predicted molar refractivity (Wildman–Crippen MR) is 19.6 cm³/mol. The molecule has 0 N–H and O–H groups in total. The molecule has 0 nitrogen and oxygen atoms in total. The van der Waals surface area contributed by atoms with Gasteiger partial charge in [0, 0.05) is 0 Å². The summed E-state index contributed by atoms with van der Waals surface area (Å²) in [6, 6.07) is 0. The minimum absolute atomic E-state index is 2.53. The third kappa shape index (κ3) is 8.61. The summed E-state index contributed by atoms with van der Waals surface area (Å²) in [5.41, 5.74) is 0. The van der Waals surface area contributed by atoms with Gasteiger partial charge in [-0.1, -0.05) is 0 Å². The summed E-state index contributed by atoms with van der Waals surface area (Å²) in [5.74, 6) is 0. The van der Waals surface area contributed by atoms with Crippen LogP contribution < -0.4 is 0 Å². The van der Waals surface area contributed by atoms with Gasteiger partial charge in [-0.05, 0) is 0 Å². The Morgan fingerprint density at radius 1 is 1.11 bits per heavy atom. The molecule has 0 fully saturated rings. The molecule has 0 spiro atoms. The van der Waals surface area contributed by atoms with Crippen molar-refractivity contribution in [3.05, 3.63) is 0 Å². The van der Waals surface area contributed by atoms with Gasteiger partial charge in [-0.2, -0.15) is 13.2 Å². The van der Waals surface area contributed by atoms with Crippen LogP contribution in [-0.4, -0.2) is 12.6 Å². The summed E-state index contributed by atoms with van der Waals surface area (Å²) in [4.78, 5) is 0. The van der Waals surface area contributed by atoms with E-state index in [1.165, 1.54) is 0 Å². The van der Waals surface area contributed by atoms with E-state index in [-0.39, 0.29) is 0 Å². The average molecular weight is 260 g/mol. The Morgan fingerprint density at radius 3 is 1.22 bits per heavy atom. The summed E-state index contributed by atoms with van der Waals surface area (Å²) >= 11 is 2.53. The van der Waals surface area contributed by atoms with Gasteiger partial charge in [0.25, 0.3) is 0 Å². The summed E-state index contributed by atoms with van der Waals surface area (Å²) in [6.07, 6.45) is -9.53. The van der Waals surface area contributed by atoms with E-state index < -0.39 is 12.6 Å². The molecule has 0 atom stereocenters. The van der Waals surface area contributed by atoms with Gasteiger partial charge in [-0.25, -0.2) is 8.78 Å². The number of hydrogen-bond donors (Lipinski definition) is 0. The summed E-state index contributed by atoms with van der Waals surface area (Å²) in [7, 11) is 3.89. The maximum absolute atomic E-state index is 10.4.